The van der Waals surface area contributed by atoms with Crippen LogP contribution < -0.4 is 0 Å². The molecule has 0 aromatic rings. The zero-order valence-corrected chi connectivity index (χ0v) is 53.5. The highest BCUT2D eigenvalue weighted by Crippen LogP contribution is 2.51. The Hall–Kier alpha value is -5.34. The maximum atomic E-state index is 12.3. The molecule has 14 fully saturated rings. The lowest BCUT2D eigenvalue weighted by Crippen LogP contribution is -2.46. The Balaban J connectivity index is 0.000000151. The predicted molar refractivity (Wildman–Crippen MR) is 308 cm³/mol. The minimum absolute atomic E-state index is 0.0293. The van der Waals surface area contributed by atoms with Gasteiger partial charge in [0.2, 0.25) is 0 Å². The Kier molecular flexibility index (Phi) is 21.6. The summed E-state index contributed by atoms with van der Waals surface area (Å²) < 4.78 is 59.8. The standard InChI is InChI=1S/C18H26O6.C18H28O5.C16H24O4.C14H20O6/c1-4-18(2,3)17(21)22-9-14(19)24-15-11-5-10-6-12(8-11)16(20)23-13(15)7-10;1-4-18(2,3)17(20)22-6-5-21-15-12-7-11-8-13(10-12)16(19)23-14(15)9-11;1-4-16(2,3)15(18)20-13-10-5-9-6-11(8-10)14(17)19-12(13)7-9;1-14(2,3)13(17)18-7-11(15)19-9-5-4-8-6-10(9)20-12(8)16/h10-13,15H,4-9H2,1-3H3;11-15H,4-10H2,1-3H3;9-13H,4-8H2,1-3H3;8-10H,4-7H2,1-3H3. The van der Waals surface area contributed by atoms with E-state index in [2.05, 4.69) is 0 Å². The highest BCUT2D eigenvalue weighted by Gasteiger charge is 2.55. The van der Waals surface area contributed by atoms with Crippen molar-refractivity contribution in [2.75, 3.05) is 26.4 Å². The summed E-state index contributed by atoms with van der Waals surface area (Å²) in [5, 5.41) is 0. The molecule has 21 heteroatoms. The van der Waals surface area contributed by atoms with E-state index in [9.17, 15) is 47.9 Å². The number of esters is 10. The van der Waals surface area contributed by atoms with E-state index < -0.39 is 64.4 Å². The molecule has 0 N–H and O–H groups in total. The first-order valence-corrected chi connectivity index (χ1v) is 32.4. The molecule has 488 valence electrons. The average molecular weight is 1230 g/mol. The van der Waals surface area contributed by atoms with Gasteiger partial charge >= 0.3 is 59.7 Å². The van der Waals surface area contributed by atoms with Crippen LogP contribution in [0.2, 0.25) is 0 Å². The Bertz CT molecular complexity index is 2540. The van der Waals surface area contributed by atoms with E-state index in [1.54, 1.807) is 34.6 Å². The van der Waals surface area contributed by atoms with Gasteiger partial charge in [0.25, 0.3) is 0 Å². The first-order chi connectivity index (χ1) is 40.9. The largest absolute Gasteiger partial charge is 0.463 e. The summed E-state index contributed by atoms with van der Waals surface area (Å²) in [6, 6.07) is 0. The third kappa shape index (κ3) is 16.5. The van der Waals surface area contributed by atoms with E-state index in [-0.39, 0.29) is 115 Å². The Morgan fingerprint density at radius 1 is 0.391 bits per heavy atom. The number of fused-ring (bicyclic) bond motifs is 5. The second-order valence-corrected chi connectivity index (χ2v) is 29.6. The second-order valence-electron chi connectivity index (χ2n) is 29.6. The Morgan fingerprint density at radius 3 is 1.25 bits per heavy atom. The molecule has 87 heavy (non-hydrogen) atoms. The maximum Gasteiger partial charge on any atom is 0.344 e. The fourth-order valence-corrected chi connectivity index (χ4v) is 14.5. The van der Waals surface area contributed by atoms with Crippen molar-refractivity contribution in [3.63, 3.8) is 0 Å². The fourth-order valence-electron chi connectivity index (χ4n) is 14.5. The molecule has 7 aliphatic heterocycles. The SMILES string of the molecule is CC(C)(C)C(=O)OCC(=O)OC1CCC2CC1OC2=O.CCC(C)(C)C(=O)OC1C2CC3CC(C2)C(=O)OC1C3.CCC(C)(C)C(=O)OCC(=O)OC1C2CC3CC(C2)C(=O)OC1C3.CCC(C)(C)C(=O)OCCOC1C2CC3CC(C2)C(=O)OC1C3. The van der Waals surface area contributed by atoms with Gasteiger partial charge in [0.1, 0.15) is 49.3 Å². The number of carbonyl (C=O) groups is 10. The van der Waals surface area contributed by atoms with E-state index in [1.807, 2.05) is 48.5 Å². The highest BCUT2D eigenvalue weighted by atomic mass is 16.6. The normalized spacial score (nSPS) is 34.6. The molecule has 0 aromatic carbocycles. The van der Waals surface area contributed by atoms with E-state index in [0.717, 1.165) is 89.9 Å². The third-order valence-corrected chi connectivity index (χ3v) is 20.8. The van der Waals surface area contributed by atoms with Crippen molar-refractivity contribution in [2.45, 2.75) is 247 Å². The Labute approximate surface area is 512 Å². The van der Waals surface area contributed by atoms with Crippen LogP contribution in [0, 0.1) is 80.8 Å². The van der Waals surface area contributed by atoms with Crippen molar-refractivity contribution in [2.24, 2.45) is 80.8 Å². The first-order valence-electron chi connectivity index (χ1n) is 32.4. The second kappa shape index (κ2) is 27.8. The van der Waals surface area contributed by atoms with Gasteiger partial charge in [0.05, 0.1) is 58.0 Å². The summed E-state index contributed by atoms with van der Waals surface area (Å²) >= 11 is 0. The van der Waals surface area contributed by atoms with Crippen LogP contribution >= 0.6 is 0 Å². The van der Waals surface area contributed by atoms with Crippen LogP contribution in [0.15, 0.2) is 0 Å². The first kappa shape index (κ1) is 67.6. The van der Waals surface area contributed by atoms with E-state index in [4.69, 9.17) is 52.1 Å². The quantitative estimate of drug-likeness (QED) is 0.0747. The zero-order chi connectivity index (χ0) is 63.5. The number of hydrogen-bond donors (Lipinski definition) is 0. The van der Waals surface area contributed by atoms with Crippen LogP contribution in [0.5, 0.6) is 0 Å². The van der Waals surface area contributed by atoms with Gasteiger partial charge in [-0.2, -0.15) is 0 Å². The molecule has 7 aliphatic carbocycles. The molecular weight excluding hydrogens is 1130 g/mol. The lowest BCUT2D eigenvalue weighted by molar-refractivity contribution is -0.180. The van der Waals surface area contributed by atoms with Crippen molar-refractivity contribution >= 4 is 59.7 Å². The van der Waals surface area contributed by atoms with Crippen LogP contribution in [0.1, 0.15) is 199 Å². The molecule has 14 bridgehead atoms. The van der Waals surface area contributed by atoms with Crippen LogP contribution in [0.3, 0.4) is 0 Å². The van der Waals surface area contributed by atoms with Crippen molar-refractivity contribution in [3.8, 4) is 0 Å². The fraction of sp³-hybridized carbons (Fsp3) is 0.848. The summed E-state index contributed by atoms with van der Waals surface area (Å²) in [5.74, 6) is -0.269. The van der Waals surface area contributed by atoms with Gasteiger partial charge in [0, 0.05) is 18.3 Å². The summed E-state index contributed by atoms with van der Waals surface area (Å²) in [7, 11) is 0. The van der Waals surface area contributed by atoms with E-state index in [1.165, 1.54) is 0 Å². The monoisotopic (exact) mass is 1230 g/mol. The van der Waals surface area contributed by atoms with E-state index in [0.29, 0.717) is 61.9 Å². The summed E-state index contributed by atoms with van der Waals surface area (Å²) in [6.07, 6.45) is 13.0. The zero-order valence-electron chi connectivity index (χ0n) is 53.5. The molecular formula is C66H98O21. The number of hydrogen-bond acceptors (Lipinski definition) is 21. The summed E-state index contributed by atoms with van der Waals surface area (Å²) in [5.41, 5.74) is -2.18. The average Bonchev–Trinajstić information content (AvgIpc) is 1.81. The molecule has 14 aliphatic rings. The molecule has 0 amide bonds. The number of carbonyl (C=O) groups excluding carboxylic acids is 10. The van der Waals surface area contributed by atoms with Crippen LogP contribution in [-0.4, -0.2) is 135 Å². The summed E-state index contributed by atoms with van der Waals surface area (Å²) in [6.45, 7) is 22.0. The third-order valence-electron chi connectivity index (χ3n) is 20.8. The van der Waals surface area contributed by atoms with Gasteiger partial charge in [-0.3, -0.25) is 38.4 Å². The van der Waals surface area contributed by atoms with Crippen molar-refractivity contribution in [1.29, 1.82) is 0 Å². The molecule has 7 saturated heterocycles. The van der Waals surface area contributed by atoms with Crippen LogP contribution in [0.4, 0.5) is 0 Å². The van der Waals surface area contributed by atoms with Gasteiger partial charge in [-0.15, -0.1) is 0 Å². The van der Waals surface area contributed by atoms with Crippen LogP contribution in [-0.2, 0) is 100 Å². The van der Waals surface area contributed by atoms with E-state index >= 15 is 0 Å². The van der Waals surface area contributed by atoms with Crippen LogP contribution in [0.25, 0.3) is 0 Å². The molecule has 18 atom stereocenters. The van der Waals surface area contributed by atoms with Gasteiger partial charge in [0.15, 0.2) is 13.2 Å². The van der Waals surface area contributed by atoms with Crippen molar-refractivity contribution < 1.29 is 100 Å². The molecule has 7 heterocycles. The number of ether oxygens (including phenoxy) is 11. The lowest BCUT2D eigenvalue weighted by atomic mass is 9.67. The minimum atomic E-state index is -0.653. The maximum absolute atomic E-state index is 12.3. The molecule has 0 radical (unpaired) electrons. The van der Waals surface area contributed by atoms with Gasteiger partial charge < -0.3 is 52.1 Å². The minimum Gasteiger partial charge on any atom is -0.463 e. The predicted octanol–water partition coefficient (Wildman–Crippen LogP) is 8.86. The molecule has 21 nitrogen and oxygen atoms in total. The highest BCUT2D eigenvalue weighted by molar-refractivity contribution is 5.81. The molecule has 14 rings (SSSR count). The number of rotatable bonds is 17. The molecule has 7 saturated carbocycles. The topological polar surface area (TPSA) is 272 Å². The molecule has 18 unspecified atom stereocenters. The van der Waals surface area contributed by atoms with Gasteiger partial charge in [-0.25, -0.2) is 9.59 Å². The lowest BCUT2D eigenvalue weighted by Gasteiger charge is -2.42. The molecule has 0 aromatic heterocycles. The van der Waals surface area contributed by atoms with Crippen molar-refractivity contribution in [1.82, 2.24) is 0 Å². The Morgan fingerprint density at radius 2 is 0.782 bits per heavy atom. The van der Waals surface area contributed by atoms with Crippen molar-refractivity contribution in [3.05, 3.63) is 0 Å². The molecule has 0 spiro atoms. The van der Waals surface area contributed by atoms with Gasteiger partial charge in [-0.1, -0.05) is 20.8 Å². The summed E-state index contributed by atoms with van der Waals surface area (Å²) in [4.78, 5) is 119. The van der Waals surface area contributed by atoms with Gasteiger partial charge in [-0.05, 0) is 195 Å². The smallest absolute Gasteiger partial charge is 0.344 e.